The van der Waals surface area contributed by atoms with Crippen LogP contribution in [0.1, 0.15) is 19.8 Å². The number of carbonyl (C=O) groups is 1. The Morgan fingerprint density at radius 3 is 2.82 bits per heavy atom. The first-order valence-corrected chi connectivity index (χ1v) is 3.64. The maximum atomic E-state index is 10.0. The van der Waals surface area contributed by atoms with Crippen LogP contribution in [0.5, 0.6) is 0 Å². The molecule has 0 saturated heterocycles. The van der Waals surface area contributed by atoms with Crippen LogP contribution in [0.4, 0.5) is 0 Å². The van der Waals surface area contributed by atoms with Crippen LogP contribution in [0.2, 0.25) is 0 Å². The molecule has 0 radical (unpaired) electrons. The molecule has 4 heteroatoms. The number of rotatable bonds is 5. The van der Waals surface area contributed by atoms with Gasteiger partial charge in [0, 0.05) is 6.54 Å². The van der Waals surface area contributed by atoms with E-state index in [4.69, 9.17) is 11.5 Å². The number of hydrogen-bond donors (Lipinski definition) is 2. The normalized spacial score (nSPS) is 14.5. The molecule has 64 valence electrons. The third kappa shape index (κ3) is 6.99. The van der Waals surface area contributed by atoms with Gasteiger partial charge in [-0.05, 0) is 19.8 Å². The largest absolute Gasteiger partial charge is 0.388 e. The molecule has 0 saturated carbocycles. The van der Waals surface area contributed by atoms with Gasteiger partial charge in [0.15, 0.2) is 0 Å². The first kappa shape index (κ1) is 10.1. The first-order valence-electron chi connectivity index (χ1n) is 3.64. The van der Waals surface area contributed by atoms with Crippen LogP contribution >= 0.6 is 0 Å². The van der Waals surface area contributed by atoms with Crippen molar-refractivity contribution >= 4 is 12.1 Å². The van der Waals surface area contributed by atoms with Gasteiger partial charge in [0.2, 0.25) is 0 Å². The molecule has 0 aromatic rings. The lowest BCUT2D eigenvalue weighted by Crippen LogP contribution is -2.21. The molecule has 4 nitrogen and oxygen atoms in total. The molecular weight excluding hydrogens is 142 g/mol. The Hall–Kier alpha value is -0.900. The molecule has 0 bridgehead atoms. The molecule has 0 aliphatic rings. The van der Waals surface area contributed by atoms with Crippen LogP contribution in [0.15, 0.2) is 4.99 Å². The second-order valence-corrected chi connectivity index (χ2v) is 2.47. The van der Waals surface area contributed by atoms with Crippen molar-refractivity contribution in [1.82, 2.24) is 0 Å². The van der Waals surface area contributed by atoms with E-state index in [2.05, 4.69) is 4.99 Å². The minimum absolute atomic E-state index is 0.344. The molecule has 0 aliphatic heterocycles. The zero-order valence-corrected chi connectivity index (χ0v) is 6.79. The van der Waals surface area contributed by atoms with E-state index in [0.717, 1.165) is 12.7 Å². The molecule has 0 aromatic carbocycles. The monoisotopic (exact) mass is 157 g/mol. The zero-order chi connectivity index (χ0) is 8.69. The molecule has 0 heterocycles. The number of hydrogen-bond acceptors (Lipinski definition) is 3. The van der Waals surface area contributed by atoms with Crippen LogP contribution in [0, 0.1) is 0 Å². The predicted molar refractivity (Wildman–Crippen MR) is 45.4 cm³/mol. The number of nitrogens with zero attached hydrogens (tertiary/aromatic N) is 1. The number of aldehydes is 1. The smallest absolute Gasteiger partial charge is 0.136 e. The average molecular weight is 157 g/mol. The lowest BCUT2D eigenvalue weighted by atomic mass is 10.2. The highest BCUT2D eigenvalue weighted by atomic mass is 16.1. The standard InChI is InChI=1S/C7H15N3O/c1-6(8)10-4-2-3-7(9)5-11/h5,7H,2-4,9H2,1H3,(H2,8,10)/t7-/m0/s1. The maximum absolute atomic E-state index is 10.0. The summed E-state index contributed by atoms with van der Waals surface area (Å²) < 4.78 is 0. The third-order valence-electron chi connectivity index (χ3n) is 1.23. The van der Waals surface area contributed by atoms with Gasteiger partial charge in [0.25, 0.3) is 0 Å². The van der Waals surface area contributed by atoms with Crippen LogP contribution < -0.4 is 11.5 Å². The van der Waals surface area contributed by atoms with Crippen molar-refractivity contribution in [3.63, 3.8) is 0 Å². The molecule has 0 aliphatic carbocycles. The lowest BCUT2D eigenvalue weighted by Gasteiger charge is -2.00. The Labute approximate surface area is 66.7 Å². The summed E-state index contributed by atoms with van der Waals surface area (Å²) in [5.41, 5.74) is 10.6. The molecule has 0 unspecified atom stereocenters. The second-order valence-electron chi connectivity index (χ2n) is 2.47. The van der Waals surface area contributed by atoms with Crippen molar-refractivity contribution in [3.8, 4) is 0 Å². The SMILES string of the molecule is CC(N)=NCCC[C@H](N)C=O. The van der Waals surface area contributed by atoms with Gasteiger partial charge >= 0.3 is 0 Å². The highest BCUT2D eigenvalue weighted by Crippen LogP contribution is 1.91. The minimum atomic E-state index is -0.344. The van der Waals surface area contributed by atoms with Crippen molar-refractivity contribution in [2.45, 2.75) is 25.8 Å². The van der Waals surface area contributed by atoms with Crippen molar-refractivity contribution in [1.29, 1.82) is 0 Å². The molecule has 11 heavy (non-hydrogen) atoms. The van der Waals surface area contributed by atoms with Crippen molar-refractivity contribution in [2.75, 3.05) is 6.54 Å². The predicted octanol–water partition coefficient (Wildman–Crippen LogP) is -0.330. The van der Waals surface area contributed by atoms with Crippen molar-refractivity contribution in [2.24, 2.45) is 16.5 Å². The molecule has 0 amide bonds. The second kappa shape index (κ2) is 5.85. The van der Waals surface area contributed by atoms with Crippen molar-refractivity contribution in [3.05, 3.63) is 0 Å². The van der Waals surface area contributed by atoms with Gasteiger partial charge in [-0.15, -0.1) is 0 Å². The van der Waals surface area contributed by atoms with E-state index in [9.17, 15) is 4.79 Å². The summed E-state index contributed by atoms with van der Waals surface area (Å²) in [6.07, 6.45) is 2.24. The summed E-state index contributed by atoms with van der Waals surface area (Å²) in [7, 11) is 0. The highest BCUT2D eigenvalue weighted by Gasteiger charge is 1.97. The van der Waals surface area contributed by atoms with E-state index < -0.39 is 0 Å². The fourth-order valence-corrected chi connectivity index (χ4v) is 0.650. The third-order valence-corrected chi connectivity index (χ3v) is 1.23. The number of aliphatic imine (C=N–C) groups is 1. The fourth-order valence-electron chi connectivity index (χ4n) is 0.650. The molecule has 0 spiro atoms. The Morgan fingerprint density at radius 2 is 2.36 bits per heavy atom. The van der Waals surface area contributed by atoms with E-state index in [1.807, 2.05) is 0 Å². The summed E-state index contributed by atoms with van der Waals surface area (Å²) in [4.78, 5) is 14.0. The Bertz CT molecular complexity index is 141. The highest BCUT2D eigenvalue weighted by molar-refractivity contribution is 5.77. The lowest BCUT2D eigenvalue weighted by molar-refractivity contribution is -0.109. The van der Waals surface area contributed by atoms with Gasteiger partial charge in [-0.2, -0.15) is 0 Å². The summed E-state index contributed by atoms with van der Waals surface area (Å²) in [6, 6.07) is -0.344. The summed E-state index contributed by atoms with van der Waals surface area (Å²) in [5.74, 6) is 0.574. The quantitative estimate of drug-likeness (QED) is 0.248. The summed E-state index contributed by atoms with van der Waals surface area (Å²) >= 11 is 0. The fraction of sp³-hybridized carbons (Fsp3) is 0.714. The maximum Gasteiger partial charge on any atom is 0.136 e. The molecule has 0 rings (SSSR count). The van der Waals surface area contributed by atoms with E-state index in [0.29, 0.717) is 18.8 Å². The summed E-state index contributed by atoms with van der Waals surface area (Å²) in [5, 5.41) is 0. The topological polar surface area (TPSA) is 81.5 Å². The van der Waals surface area contributed by atoms with Crippen LogP contribution in [-0.4, -0.2) is 24.7 Å². The van der Waals surface area contributed by atoms with Gasteiger partial charge < -0.3 is 16.3 Å². The van der Waals surface area contributed by atoms with Gasteiger partial charge in [-0.1, -0.05) is 0 Å². The van der Waals surface area contributed by atoms with E-state index in [1.165, 1.54) is 0 Å². The van der Waals surface area contributed by atoms with Crippen molar-refractivity contribution < 1.29 is 4.79 Å². The molecule has 4 N–H and O–H groups in total. The van der Waals surface area contributed by atoms with Gasteiger partial charge in [-0.3, -0.25) is 4.99 Å². The van der Waals surface area contributed by atoms with E-state index in [-0.39, 0.29) is 6.04 Å². The Kier molecular flexibility index (Phi) is 5.37. The van der Waals surface area contributed by atoms with E-state index in [1.54, 1.807) is 6.92 Å². The minimum Gasteiger partial charge on any atom is -0.388 e. The molecule has 0 aromatic heterocycles. The molecule has 1 atom stereocenters. The zero-order valence-electron chi connectivity index (χ0n) is 6.79. The van der Waals surface area contributed by atoms with Crippen LogP contribution in [0.3, 0.4) is 0 Å². The van der Waals surface area contributed by atoms with Gasteiger partial charge in [-0.25, -0.2) is 0 Å². The number of nitrogens with two attached hydrogens (primary N) is 2. The van der Waals surface area contributed by atoms with Crippen LogP contribution in [-0.2, 0) is 4.79 Å². The summed E-state index contributed by atoms with van der Waals surface area (Å²) in [6.45, 7) is 2.39. The Balaban J connectivity index is 3.28. The van der Waals surface area contributed by atoms with Gasteiger partial charge in [0.05, 0.1) is 11.9 Å². The number of carbonyl (C=O) groups excluding carboxylic acids is 1. The average Bonchev–Trinajstić information content (AvgIpc) is 1.97. The number of amidine groups is 1. The Morgan fingerprint density at radius 1 is 1.73 bits per heavy atom. The molecular formula is C7H15N3O. The van der Waals surface area contributed by atoms with E-state index >= 15 is 0 Å². The first-order chi connectivity index (χ1) is 5.16. The van der Waals surface area contributed by atoms with Crippen LogP contribution in [0.25, 0.3) is 0 Å². The molecule has 0 fully saturated rings. The van der Waals surface area contributed by atoms with Gasteiger partial charge in [0.1, 0.15) is 6.29 Å².